The molecular formula is C11H25NO. The molecule has 2 heteroatoms. The van der Waals surface area contributed by atoms with Crippen molar-refractivity contribution in [3.05, 3.63) is 0 Å². The van der Waals surface area contributed by atoms with Crippen LogP contribution in [-0.4, -0.2) is 19.9 Å². The van der Waals surface area contributed by atoms with Gasteiger partial charge in [0.1, 0.15) is 6.29 Å². The molecule has 0 atom stereocenters. The van der Waals surface area contributed by atoms with Gasteiger partial charge in [0.25, 0.3) is 0 Å². The van der Waals surface area contributed by atoms with Gasteiger partial charge in [0.2, 0.25) is 0 Å². The number of hydrogen-bond acceptors (Lipinski definition) is 2. The van der Waals surface area contributed by atoms with Gasteiger partial charge >= 0.3 is 0 Å². The van der Waals surface area contributed by atoms with Crippen molar-refractivity contribution in [2.24, 2.45) is 11.8 Å². The van der Waals surface area contributed by atoms with Crippen molar-refractivity contribution < 1.29 is 4.79 Å². The monoisotopic (exact) mass is 187 g/mol. The summed E-state index contributed by atoms with van der Waals surface area (Å²) >= 11 is 0. The molecule has 0 fully saturated rings. The van der Waals surface area contributed by atoms with E-state index in [1.807, 2.05) is 7.05 Å². The summed E-state index contributed by atoms with van der Waals surface area (Å²) in [4.78, 5) is 9.71. The summed E-state index contributed by atoms with van der Waals surface area (Å²) in [6.07, 6.45) is 2.72. The predicted molar refractivity (Wildman–Crippen MR) is 58.9 cm³/mol. The van der Waals surface area contributed by atoms with Crippen LogP contribution in [-0.2, 0) is 4.79 Å². The molecule has 80 valence electrons. The molecule has 13 heavy (non-hydrogen) atoms. The normalized spacial score (nSPS) is 9.77. The van der Waals surface area contributed by atoms with Crippen LogP contribution in [0.3, 0.4) is 0 Å². The molecule has 0 rings (SSSR count). The highest BCUT2D eigenvalue weighted by Gasteiger charge is 1.89. The van der Waals surface area contributed by atoms with Crippen LogP contribution >= 0.6 is 0 Å². The van der Waals surface area contributed by atoms with Gasteiger partial charge < -0.3 is 10.1 Å². The van der Waals surface area contributed by atoms with Crippen molar-refractivity contribution in [2.45, 2.75) is 40.5 Å². The van der Waals surface area contributed by atoms with Gasteiger partial charge in [0, 0.05) is 6.42 Å². The average molecular weight is 187 g/mol. The highest BCUT2D eigenvalue weighted by Crippen LogP contribution is 1.99. The number of carbonyl (C=O) groups is 1. The zero-order valence-electron chi connectivity index (χ0n) is 9.76. The first-order chi connectivity index (χ1) is 6.04. The average Bonchev–Trinajstić information content (AvgIpc) is 2.01. The van der Waals surface area contributed by atoms with Crippen LogP contribution in [0.25, 0.3) is 0 Å². The molecule has 0 aromatic rings. The fourth-order valence-corrected chi connectivity index (χ4v) is 0.810. The van der Waals surface area contributed by atoms with Gasteiger partial charge in [-0.3, -0.25) is 0 Å². The van der Waals surface area contributed by atoms with E-state index in [1.165, 1.54) is 0 Å². The fourth-order valence-electron chi connectivity index (χ4n) is 0.810. The molecule has 0 bridgehead atoms. The maximum atomic E-state index is 9.71. The Morgan fingerprint density at radius 3 is 1.77 bits per heavy atom. The minimum Gasteiger partial charge on any atom is -0.319 e. The Morgan fingerprint density at radius 1 is 1.15 bits per heavy atom. The maximum absolute atomic E-state index is 9.71. The lowest BCUT2D eigenvalue weighted by molar-refractivity contribution is -0.108. The molecule has 0 amide bonds. The minimum absolute atomic E-state index is 0.671. The van der Waals surface area contributed by atoms with Crippen molar-refractivity contribution in [2.75, 3.05) is 13.6 Å². The third kappa shape index (κ3) is 24.5. The van der Waals surface area contributed by atoms with Gasteiger partial charge in [-0.2, -0.15) is 0 Å². The minimum atomic E-state index is 0.671. The predicted octanol–water partition coefficient (Wildman–Crippen LogP) is 2.48. The van der Waals surface area contributed by atoms with Crippen LogP contribution in [0.1, 0.15) is 40.5 Å². The Kier molecular flexibility index (Phi) is 13.5. The molecule has 0 aliphatic rings. The summed E-state index contributed by atoms with van der Waals surface area (Å²) in [5.41, 5.74) is 0. The summed E-state index contributed by atoms with van der Waals surface area (Å²) in [7, 11) is 1.97. The van der Waals surface area contributed by atoms with E-state index >= 15 is 0 Å². The SMILES string of the molecule is CC(C)CCC=O.CNCC(C)C. The van der Waals surface area contributed by atoms with Crippen molar-refractivity contribution in [3.8, 4) is 0 Å². The van der Waals surface area contributed by atoms with Gasteiger partial charge in [0.15, 0.2) is 0 Å². The van der Waals surface area contributed by atoms with Crippen LogP contribution in [0.5, 0.6) is 0 Å². The highest BCUT2D eigenvalue weighted by molar-refractivity contribution is 5.48. The summed E-state index contributed by atoms with van der Waals surface area (Å²) in [6, 6.07) is 0. The lowest BCUT2D eigenvalue weighted by atomic mass is 10.1. The number of aldehydes is 1. The van der Waals surface area contributed by atoms with Crippen molar-refractivity contribution in [3.63, 3.8) is 0 Å². The molecule has 0 aliphatic carbocycles. The first kappa shape index (κ1) is 15.1. The van der Waals surface area contributed by atoms with Crippen LogP contribution in [0.4, 0.5) is 0 Å². The lowest BCUT2D eigenvalue weighted by Gasteiger charge is -1.98. The zero-order valence-corrected chi connectivity index (χ0v) is 9.76. The van der Waals surface area contributed by atoms with Gasteiger partial charge in [0.05, 0.1) is 0 Å². The molecule has 0 saturated heterocycles. The summed E-state index contributed by atoms with van der Waals surface area (Å²) in [5, 5.41) is 3.07. The Hall–Kier alpha value is -0.370. The molecular weight excluding hydrogens is 162 g/mol. The third-order valence-corrected chi connectivity index (χ3v) is 1.47. The molecule has 0 spiro atoms. The molecule has 0 aromatic carbocycles. The number of hydrogen-bond donors (Lipinski definition) is 1. The largest absolute Gasteiger partial charge is 0.319 e. The quantitative estimate of drug-likeness (QED) is 0.670. The topological polar surface area (TPSA) is 29.1 Å². The van der Waals surface area contributed by atoms with E-state index in [0.717, 1.165) is 31.6 Å². The molecule has 1 N–H and O–H groups in total. The molecule has 0 radical (unpaired) electrons. The van der Waals surface area contributed by atoms with Gasteiger partial charge in [-0.1, -0.05) is 27.7 Å². The summed E-state index contributed by atoms with van der Waals surface area (Å²) < 4.78 is 0. The van der Waals surface area contributed by atoms with E-state index in [2.05, 4.69) is 33.0 Å². The summed E-state index contributed by atoms with van der Waals surface area (Å²) in [5.74, 6) is 1.46. The summed E-state index contributed by atoms with van der Waals surface area (Å²) in [6.45, 7) is 9.74. The Labute approximate surface area is 83.1 Å². The Balaban J connectivity index is 0. The van der Waals surface area contributed by atoms with E-state index in [1.54, 1.807) is 0 Å². The van der Waals surface area contributed by atoms with Crippen LogP contribution < -0.4 is 5.32 Å². The van der Waals surface area contributed by atoms with Gasteiger partial charge in [-0.05, 0) is 31.8 Å². The molecule has 0 saturated carbocycles. The van der Waals surface area contributed by atoms with Crippen molar-refractivity contribution in [1.29, 1.82) is 0 Å². The number of nitrogens with one attached hydrogen (secondary N) is 1. The first-order valence-electron chi connectivity index (χ1n) is 5.12. The molecule has 0 heterocycles. The number of rotatable bonds is 5. The fraction of sp³-hybridized carbons (Fsp3) is 0.909. The lowest BCUT2D eigenvalue weighted by Crippen LogP contribution is -2.12. The maximum Gasteiger partial charge on any atom is 0.120 e. The number of carbonyl (C=O) groups excluding carboxylic acids is 1. The third-order valence-electron chi connectivity index (χ3n) is 1.47. The first-order valence-corrected chi connectivity index (χ1v) is 5.12. The van der Waals surface area contributed by atoms with E-state index < -0.39 is 0 Å². The highest BCUT2D eigenvalue weighted by atomic mass is 16.1. The van der Waals surface area contributed by atoms with E-state index in [0.29, 0.717) is 5.92 Å². The molecule has 0 aliphatic heterocycles. The molecule has 0 unspecified atom stereocenters. The second-order valence-corrected chi connectivity index (χ2v) is 4.09. The standard InChI is InChI=1S/C6H12O.C5H13N/c1-6(2)4-3-5-7;1-5(2)4-6-3/h5-6H,3-4H2,1-2H3;5-6H,4H2,1-3H3. The smallest absolute Gasteiger partial charge is 0.120 e. The van der Waals surface area contributed by atoms with Crippen LogP contribution in [0.2, 0.25) is 0 Å². The van der Waals surface area contributed by atoms with E-state index in [-0.39, 0.29) is 0 Å². The van der Waals surface area contributed by atoms with Crippen LogP contribution in [0.15, 0.2) is 0 Å². The zero-order chi connectivity index (χ0) is 10.7. The van der Waals surface area contributed by atoms with Crippen molar-refractivity contribution >= 4 is 6.29 Å². The van der Waals surface area contributed by atoms with E-state index in [9.17, 15) is 4.79 Å². The molecule has 0 aromatic heterocycles. The van der Waals surface area contributed by atoms with Crippen LogP contribution in [0, 0.1) is 11.8 Å². The van der Waals surface area contributed by atoms with Gasteiger partial charge in [-0.25, -0.2) is 0 Å². The second kappa shape index (κ2) is 11.6. The van der Waals surface area contributed by atoms with Crippen molar-refractivity contribution in [1.82, 2.24) is 5.32 Å². The Morgan fingerprint density at radius 2 is 1.69 bits per heavy atom. The van der Waals surface area contributed by atoms with Gasteiger partial charge in [-0.15, -0.1) is 0 Å². The molecule has 2 nitrogen and oxygen atoms in total. The second-order valence-electron chi connectivity index (χ2n) is 4.09. The van der Waals surface area contributed by atoms with E-state index in [4.69, 9.17) is 0 Å². The Bertz CT molecular complexity index is 100.